The highest BCUT2D eigenvalue weighted by Crippen LogP contribution is 2.41. The lowest BCUT2D eigenvalue weighted by Crippen LogP contribution is -2.47. The number of anilines is 1. The summed E-state index contributed by atoms with van der Waals surface area (Å²) in [7, 11) is -5.03. The van der Waals surface area contributed by atoms with E-state index >= 15 is 0 Å². The molecule has 2 aliphatic heterocycles. The van der Waals surface area contributed by atoms with Gasteiger partial charge in [0.15, 0.2) is 11.5 Å². The molecule has 3 aromatic rings. The molecule has 0 spiro atoms. The number of ether oxygens (including phenoxy) is 2. The van der Waals surface area contributed by atoms with Crippen molar-refractivity contribution in [3.63, 3.8) is 0 Å². The fourth-order valence-corrected chi connectivity index (χ4v) is 9.29. The maximum Gasteiger partial charge on any atom is 0.264 e. The number of hydrogen-bond donors (Lipinski definition) is 1. The number of nitrogens with one attached hydrogen (secondary N) is 1. The van der Waals surface area contributed by atoms with Gasteiger partial charge in [-0.2, -0.15) is 0 Å². The molecule has 1 unspecified atom stereocenters. The Labute approximate surface area is 282 Å². The van der Waals surface area contributed by atoms with E-state index in [0.717, 1.165) is 19.3 Å². The highest BCUT2D eigenvalue weighted by atomic mass is 32.3. The zero-order valence-electron chi connectivity index (χ0n) is 27.6. The molecule has 0 bridgehead atoms. The normalized spacial score (nSPS) is 16.9. The number of fused-ring (bicyclic) bond motifs is 1. The van der Waals surface area contributed by atoms with Gasteiger partial charge >= 0.3 is 0 Å². The molecule has 48 heavy (non-hydrogen) atoms. The van der Waals surface area contributed by atoms with Gasteiger partial charge in [-0.1, -0.05) is 42.5 Å². The molecule has 0 aliphatic carbocycles. The summed E-state index contributed by atoms with van der Waals surface area (Å²) in [4.78, 5) is 34.2. The molecule has 1 fully saturated rings. The number of nitrogens with zero attached hydrogens (tertiary/aromatic N) is 3. The van der Waals surface area contributed by atoms with Crippen molar-refractivity contribution < 1.29 is 35.9 Å². The summed E-state index contributed by atoms with van der Waals surface area (Å²) in [6, 6.07) is 20.3. The van der Waals surface area contributed by atoms with E-state index in [2.05, 4.69) is 28.9 Å². The van der Waals surface area contributed by atoms with Gasteiger partial charge in [-0.05, 0) is 61.6 Å². The Morgan fingerprint density at radius 2 is 1.48 bits per heavy atom. The second-order valence-corrected chi connectivity index (χ2v) is 15.9. The molecule has 3 aromatic carbocycles. The SMILES string of the molecule is COc1ccc(C(CCCCS(=O)(=O)NS(C)(=O)=O)N2C(=O)c3cccc(N4CCN([C@H](C)c5ccccc5)CC4)c3C2=O)cc1OC. The third-order valence-corrected chi connectivity index (χ3v) is 12.0. The van der Waals surface area contributed by atoms with E-state index in [4.69, 9.17) is 9.47 Å². The second-order valence-electron chi connectivity index (χ2n) is 12.1. The molecular formula is C34H42N4O8S2. The molecule has 2 amide bonds. The third kappa shape index (κ3) is 7.83. The van der Waals surface area contributed by atoms with Gasteiger partial charge in [-0.25, -0.2) is 16.8 Å². The first kappa shape index (κ1) is 35.3. The van der Waals surface area contributed by atoms with Gasteiger partial charge in [0.05, 0.1) is 49.1 Å². The van der Waals surface area contributed by atoms with Crippen LogP contribution in [0.3, 0.4) is 0 Å². The monoisotopic (exact) mass is 698 g/mol. The Morgan fingerprint density at radius 1 is 0.792 bits per heavy atom. The second kappa shape index (κ2) is 14.6. The Bertz CT molecular complexity index is 1860. The zero-order chi connectivity index (χ0) is 34.6. The van der Waals surface area contributed by atoms with E-state index in [1.54, 1.807) is 34.5 Å². The molecular weight excluding hydrogens is 657 g/mol. The predicted octanol–water partition coefficient (Wildman–Crippen LogP) is 3.97. The molecule has 2 heterocycles. The Balaban J connectivity index is 1.39. The van der Waals surface area contributed by atoms with Crippen LogP contribution in [0.15, 0.2) is 66.7 Å². The fraction of sp³-hybridized carbons (Fsp3) is 0.412. The summed E-state index contributed by atoms with van der Waals surface area (Å²) in [5.41, 5.74) is 3.25. The minimum Gasteiger partial charge on any atom is -0.493 e. The lowest BCUT2D eigenvalue weighted by molar-refractivity contribution is 0.0571. The van der Waals surface area contributed by atoms with Crippen molar-refractivity contribution in [2.45, 2.75) is 38.3 Å². The first-order valence-electron chi connectivity index (χ1n) is 15.8. The molecule has 0 radical (unpaired) electrons. The maximum absolute atomic E-state index is 14.3. The molecule has 2 aliphatic rings. The summed E-state index contributed by atoms with van der Waals surface area (Å²) in [5, 5.41) is 0. The van der Waals surface area contributed by atoms with Crippen molar-refractivity contribution in [3.8, 4) is 11.5 Å². The minimum absolute atomic E-state index is 0.106. The van der Waals surface area contributed by atoms with Gasteiger partial charge in [0.1, 0.15) is 0 Å². The van der Waals surface area contributed by atoms with Crippen LogP contribution in [0, 0.1) is 0 Å². The van der Waals surface area contributed by atoms with Crippen LogP contribution in [0.5, 0.6) is 11.5 Å². The van der Waals surface area contributed by atoms with E-state index in [9.17, 15) is 26.4 Å². The number of imide groups is 1. The van der Waals surface area contributed by atoms with Crippen molar-refractivity contribution in [2.75, 3.05) is 57.3 Å². The van der Waals surface area contributed by atoms with Gasteiger partial charge in [-0.3, -0.25) is 19.4 Å². The molecule has 1 saturated heterocycles. The first-order chi connectivity index (χ1) is 22.8. The Morgan fingerprint density at radius 3 is 2.12 bits per heavy atom. The molecule has 258 valence electrons. The number of carbonyl (C=O) groups excluding carboxylic acids is 2. The lowest BCUT2D eigenvalue weighted by atomic mass is 9.98. The van der Waals surface area contributed by atoms with E-state index in [0.29, 0.717) is 47.0 Å². The number of carbonyl (C=O) groups is 2. The predicted molar refractivity (Wildman–Crippen MR) is 183 cm³/mol. The summed E-state index contributed by atoms with van der Waals surface area (Å²) in [5.74, 6) is -0.390. The maximum atomic E-state index is 14.3. The number of benzene rings is 3. The lowest BCUT2D eigenvalue weighted by Gasteiger charge is -2.39. The van der Waals surface area contributed by atoms with E-state index < -0.39 is 43.7 Å². The smallest absolute Gasteiger partial charge is 0.264 e. The van der Waals surface area contributed by atoms with Crippen LogP contribution in [0.2, 0.25) is 0 Å². The van der Waals surface area contributed by atoms with E-state index in [1.807, 2.05) is 24.3 Å². The Kier molecular flexibility index (Phi) is 10.8. The van der Waals surface area contributed by atoms with Crippen LogP contribution < -0.4 is 18.5 Å². The third-order valence-electron chi connectivity index (χ3n) is 8.93. The largest absolute Gasteiger partial charge is 0.493 e. The zero-order valence-corrected chi connectivity index (χ0v) is 29.2. The highest BCUT2D eigenvalue weighted by Gasteiger charge is 2.43. The van der Waals surface area contributed by atoms with Crippen LogP contribution >= 0.6 is 0 Å². The number of amides is 2. The first-order valence-corrected chi connectivity index (χ1v) is 19.4. The molecule has 5 rings (SSSR count). The van der Waals surface area contributed by atoms with Gasteiger partial charge in [0, 0.05) is 32.2 Å². The van der Waals surface area contributed by atoms with Gasteiger partial charge in [0.25, 0.3) is 11.8 Å². The average molecular weight is 699 g/mol. The summed E-state index contributed by atoms with van der Waals surface area (Å²) < 4.78 is 60.1. The molecule has 14 heteroatoms. The van der Waals surface area contributed by atoms with E-state index in [-0.39, 0.29) is 25.3 Å². The highest BCUT2D eigenvalue weighted by molar-refractivity contribution is 8.04. The van der Waals surface area contributed by atoms with Gasteiger partial charge in [0.2, 0.25) is 20.0 Å². The fourth-order valence-electron chi connectivity index (χ4n) is 6.53. The van der Waals surface area contributed by atoms with E-state index in [1.165, 1.54) is 24.7 Å². The minimum atomic E-state index is -4.08. The van der Waals surface area contributed by atoms with Crippen molar-refractivity contribution in [1.29, 1.82) is 0 Å². The standard InChI is InChI=1S/C34H42N4O8S2/c1-24(25-11-6-5-7-12-25)36-18-20-37(21-19-36)29-15-10-13-27-32(29)34(40)38(33(27)39)28(26-16-17-30(45-2)31(23-26)46-3)14-8-9-22-48(43,44)35-47(4,41)42/h5-7,10-13,15-17,23-24,28,35H,8-9,14,18-22H2,1-4H3/t24-,28?/m1/s1. The summed E-state index contributed by atoms with van der Waals surface area (Å²) in [6.07, 6.45) is 1.40. The topological polar surface area (TPSA) is 143 Å². The number of rotatable bonds is 14. The van der Waals surface area contributed by atoms with Crippen molar-refractivity contribution >= 4 is 37.5 Å². The summed E-state index contributed by atoms with van der Waals surface area (Å²) in [6.45, 7) is 5.14. The summed E-state index contributed by atoms with van der Waals surface area (Å²) >= 11 is 0. The van der Waals surface area contributed by atoms with Crippen LogP contribution in [0.25, 0.3) is 0 Å². The van der Waals surface area contributed by atoms with Crippen molar-refractivity contribution in [3.05, 3.63) is 89.0 Å². The number of unbranched alkanes of at least 4 members (excludes halogenated alkanes) is 1. The van der Waals surface area contributed by atoms with Crippen LogP contribution in [-0.2, 0) is 20.0 Å². The number of methoxy groups -OCH3 is 2. The van der Waals surface area contributed by atoms with Crippen molar-refractivity contribution in [2.24, 2.45) is 0 Å². The number of sulfonamides is 2. The van der Waals surface area contributed by atoms with Gasteiger partial charge < -0.3 is 14.4 Å². The van der Waals surface area contributed by atoms with Crippen LogP contribution in [0.4, 0.5) is 5.69 Å². The van der Waals surface area contributed by atoms with Crippen molar-refractivity contribution in [1.82, 2.24) is 13.9 Å². The molecule has 0 aromatic heterocycles. The molecule has 1 N–H and O–H groups in total. The quantitative estimate of drug-likeness (QED) is 0.194. The molecule has 0 saturated carbocycles. The molecule has 12 nitrogen and oxygen atoms in total. The number of piperazine rings is 1. The van der Waals surface area contributed by atoms with Gasteiger partial charge in [-0.15, -0.1) is 4.13 Å². The number of hydrogen-bond acceptors (Lipinski definition) is 10. The van der Waals surface area contributed by atoms with Crippen LogP contribution in [0.1, 0.15) is 70.1 Å². The average Bonchev–Trinajstić information content (AvgIpc) is 3.32. The molecule has 2 atom stereocenters. The van der Waals surface area contributed by atoms with Crippen LogP contribution in [-0.4, -0.2) is 90.9 Å². The Hall–Kier alpha value is -3.98.